The molecular formula is C15H30N2. The zero-order chi connectivity index (χ0) is 12.3. The maximum atomic E-state index is 3.54. The number of rotatable bonds is 3. The predicted octanol–water partition coefficient (Wildman–Crippen LogP) is 2.89. The fraction of sp³-hybridized carbons (Fsp3) is 1.00. The minimum atomic E-state index is 0.771. The minimum Gasteiger partial charge on any atom is -0.317 e. The number of piperidine rings is 1. The molecule has 1 saturated heterocycles. The van der Waals surface area contributed by atoms with E-state index in [0.717, 1.165) is 23.9 Å². The lowest BCUT2D eigenvalue weighted by Gasteiger charge is -2.41. The van der Waals surface area contributed by atoms with Gasteiger partial charge in [-0.25, -0.2) is 0 Å². The van der Waals surface area contributed by atoms with Gasteiger partial charge in [0.15, 0.2) is 0 Å². The smallest absolute Gasteiger partial charge is 0.0104 e. The molecule has 4 unspecified atom stereocenters. The van der Waals surface area contributed by atoms with Crippen LogP contribution >= 0.6 is 0 Å². The van der Waals surface area contributed by atoms with E-state index in [1.54, 1.807) is 0 Å². The van der Waals surface area contributed by atoms with Gasteiger partial charge in [-0.05, 0) is 51.5 Å². The quantitative estimate of drug-likeness (QED) is 0.813. The van der Waals surface area contributed by atoms with Gasteiger partial charge in [0.25, 0.3) is 0 Å². The summed E-state index contributed by atoms with van der Waals surface area (Å²) in [6.07, 6.45) is 8.52. The lowest BCUT2D eigenvalue weighted by atomic mass is 9.83. The van der Waals surface area contributed by atoms with Crippen LogP contribution in [0.1, 0.15) is 52.4 Å². The molecule has 1 aliphatic heterocycles. The Morgan fingerprint density at radius 2 is 1.82 bits per heavy atom. The van der Waals surface area contributed by atoms with Gasteiger partial charge in [0.05, 0.1) is 0 Å². The van der Waals surface area contributed by atoms with E-state index in [0.29, 0.717) is 0 Å². The van der Waals surface area contributed by atoms with E-state index in [4.69, 9.17) is 0 Å². The van der Waals surface area contributed by atoms with Crippen molar-refractivity contribution < 1.29 is 0 Å². The Balaban J connectivity index is 1.89. The second-order valence-corrected chi connectivity index (χ2v) is 6.43. The molecule has 0 bridgehead atoms. The van der Waals surface area contributed by atoms with Crippen LogP contribution in [0.4, 0.5) is 0 Å². The molecule has 2 aliphatic rings. The molecule has 0 amide bonds. The maximum Gasteiger partial charge on any atom is 0.0104 e. The molecule has 1 heterocycles. The topological polar surface area (TPSA) is 15.3 Å². The summed E-state index contributed by atoms with van der Waals surface area (Å²) in [5, 5.41) is 3.54. The highest BCUT2D eigenvalue weighted by atomic mass is 15.2. The summed E-state index contributed by atoms with van der Waals surface area (Å²) < 4.78 is 0. The lowest BCUT2D eigenvalue weighted by Crippen LogP contribution is -2.48. The second-order valence-electron chi connectivity index (χ2n) is 6.43. The molecule has 17 heavy (non-hydrogen) atoms. The molecule has 1 saturated carbocycles. The van der Waals surface area contributed by atoms with Crippen LogP contribution in [0.25, 0.3) is 0 Å². The van der Waals surface area contributed by atoms with Crippen molar-refractivity contribution in [3.63, 3.8) is 0 Å². The van der Waals surface area contributed by atoms with Gasteiger partial charge < -0.3 is 10.2 Å². The van der Waals surface area contributed by atoms with Gasteiger partial charge in [0.2, 0.25) is 0 Å². The van der Waals surface area contributed by atoms with Crippen LogP contribution in [0.5, 0.6) is 0 Å². The Kier molecular flexibility index (Phi) is 4.87. The Morgan fingerprint density at radius 1 is 1.06 bits per heavy atom. The van der Waals surface area contributed by atoms with Gasteiger partial charge in [0, 0.05) is 25.2 Å². The number of hydrogen-bond acceptors (Lipinski definition) is 2. The Morgan fingerprint density at radius 3 is 2.59 bits per heavy atom. The van der Waals surface area contributed by atoms with Gasteiger partial charge in [-0.15, -0.1) is 0 Å². The van der Waals surface area contributed by atoms with E-state index >= 15 is 0 Å². The number of hydrogen-bond donors (Lipinski definition) is 1. The van der Waals surface area contributed by atoms with Crippen molar-refractivity contribution in [3.05, 3.63) is 0 Å². The molecule has 0 aromatic rings. The zero-order valence-corrected chi connectivity index (χ0v) is 11.9. The van der Waals surface area contributed by atoms with E-state index in [1.807, 2.05) is 0 Å². The van der Waals surface area contributed by atoms with Crippen molar-refractivity contribution in [2.75, 3.05) is 20.1 Å². The number of nitrogens with one attached hydrogen (secondary N) is 1. The number of likely N-dealkylation sites (tertiary alicyclic amines) is 1. The van der Waals surface area contributed by atoms with Crippen molar-refractivity contribution in [3.8, 4) is 0 Å². The summed E-state index contributed by atoms with van der Waals surface area (Å²) >= 11 is 0. The molecular weight excluding hydrogens is 208 g/mol. The molecule has 2 heteroatoms. The van der Waals surface area contributed by atoms with Gasteiger partial charge in [-0.3, -0.25) is 0 Å². The highest BCUT2D eigenvalue weighted by Gasteiger charge is 2.29. The van der Waals surface area contributed by atoms with Crippen LogP contribution in [0.2, 0.25) is 0 Å². The van der Waals surface area contributed by atoms with E-state index in [2.05, 4.69) is 31.1 Å². The van der Waals surface area contributed by atoms with E-state index in [9.17, 15) is 0 Å². The molecule has 0 aromatic carbocycles. The van der Waals surface area contributed by atoms with Crippen molar-refractivity contribution >= 4 is 0 Å². The van der Waals surface area contributed by atoms with Crippen molar-refractivity contribution in [2.24, 2.45) is 11.8 Å². The molecule has 2 fully saturated rings. The first-order valence-corrected chi connectivity index (χ1v) is 7.62. The molecule has 0 aromatic heterocycles. The molecule has 4 atom stereocenters. The van der Waals surface area contributed by atoms with Gasteiger partial charge >= 0.3 is 0 Å². The number of nitrogens with zero attached hydrogens (tertiary/aromatic N) is 1. The first-order chi connectivity index (χ1) is 8.20. The third kappa shape index (κ3) is 3.45. The second kappa shape index (κ2) is 6.19. The third-order valence-electron chi connectivity index (χ3n) is 5.00. The maximum absolute atomic E-state index is 3.54. The summed E-state index contributed by atoms with van der Waals surface area (Å²) in [4.78, 5) is 2.76. The average Bonchev–Trinajstić information content (AvgIpc) is 2.34. The third-order valence-corrected chi connectivity index (χ3v) is 5.00. The molecule has 1 N–H and O–H groups in total. The Bertz CT molecular complexity index is 229. The van der Waals surface area contributed by atoms with Crippen LogP contribution in [0, 0.1) is 11.8 Å². The van der Waals surface area contributed by atoms with Crippen molar-refractivity contribution in [1.29, 1.82) is 0 Å². The molecule has 100 valence electrons. The molecule has 2 rings (SSSR count). The normalized spacial score (nSPS) is 40.4. The highest BCUT2D eigenvalue weighted by molar-refractivity contribution is 4.85. The van der Waals surface area contributed by atoms with E-state index < -0.39 is 0 Å². The standard InChI is InChI=1S/C15H30N2/c1-12-8-9-13(2)17(10-12)11-14-6-4-5-7-15(14)16-3/h12-16H,4-11H2,1-3H3. The molecule has 0 radical (unpaired) electrons. The van der Waals surface area contributed by atoms with Crippen molar-refractivity contribution in [2.45, 2.75) is 64.5 Å². The van der Waals surface area contributed by atoms with Gasteiger partial charge in [-0.1, -0.05) is 19.8 Å². The molecule has 2 nitrogen and oxygen atoms in total. The van der Waals surface area contributed by atoms with Gasteiger partial charge in [-0.2, -0.15) is 0 Å². The average molecular weight is 238 g/mol. The van der Waals surface area contributed by atoms with E-state index in [-0.39, 0.29) is 0 Å². The molecule has 0 spiro atoms. The monoisotopic (exact) mass is 238 g/mol. The van der Waals surface area contributed by atoms with Gasteiger partial charge in [0.1, 0.15) is 0 Å². The summed E-state index contributed by atoms with van der Waals surface area (Å²) in [6.45, 7) is 7.49. The van der Waals surface area contributed by atoms with Crippen LogP contribution < -0.4 is 5.32 Å². The van der Waals surface area contributed by atoms with E-state index in [1.165, 1.54) is 51.6 Å². The van der Waals surface area contributed by atoms with Crippen LogP contribution in [-0.4, -0.2) is 37.1 Å². The first-order valence-electron chi connectivity index (χ1n) is 7.62. The lowest BCUT2D eigenvalue weighted by molar-refractivity contribution is 0.0853. The fourth-order valence-electron chi connectivity index (χ4n) is 3.74. The zero-order valence-electron chi connectivity index (χ0n) is 11.9. The van der Waals surface area contributed by atoms with Crippen LogP contribution in [-0.2, 0) is 0 Å². The summed E-state index contributed by atoms with van der Waals surface area (Å²) in [5.41, 5.74) is 0. The SMILES string of the molecule is CNC1CCCCC1CN1CC(C)CCC1C. The van der Waals surface area contributed by atoms with Crippen LogP contribution in [0.15, 0.2) is 0 Å². The minimum absolute atomic E-state index is 0.771. The Labute approximate surface area is 107 Å². The summed E-state index contributed by atoms with van der Waals surface area (Å²) in [7, 11) is 2.14. The van der Waals surface area contributed by atoms with Crippen LogP contribution in [0.3, 0.4) is 0 Å². The first kappa shape index (κ1) is 13.4. The predicted molar refractivity (Wildman–Crippen MR) is 74.2 cm³/mol. The molecule has 1 aliphatic carbocycles. The summed E-state index contributed by atoms with van der Waals surface area (Å²) in [5.74, 6) is 1.80. The Hall–Kier alpha value is -0.0800. The fourth-order valence-corrected chi connectivity index (χ4v) is 3.74. The largest absolute Gasteiger partial charge is 0.317 e. The summed E-state index contributed by atoms with van der Waals surface area (Å²) in [6, 6.07) is 1.58. The van der Waals surface area contributed by atoms with Crippen molar-refractivity contribution in [1.82, 2.24) is 10.2 Å². The highest BCUT2D eigenvalue weighted by Crippen LogP contribution is 2.28.